The first-order valence-corrected chi connectivity index (χ1v) is 9.47. The van der Waals surface area contributed by atoms with E-state index >= 15 is 0 Å². The quantitative estimate of drug-likeness (QED) is 0.457. The summed E-state index contributed by atoms with van der Waals surface area (Å²) in [6.07, 6.45) is 0.866. The van der Waals surface area contributed by atoms with E-state index in [0.717, 1.165) is 36.3 Å². The first kappa shape index (κ1) is 18.8. The minimum atomic E-state index is 0.0467. The monoisotopic (exact) mass is 391 g/mol. The molecule has 3 aromatic rings. The van der Waals surface area contributed by atoms with Crippen molar-refractivity contribution in [1.82, 2.24) is 9.97 Å². The average Bonchev–Trinajstić information content (AvgIpc) is 3.16. The molecule has 0 saturated carbocycles. The number of nitriles is 1. The molecule has 7 heteroatoms. The van der Waals surface area contributed by atoms with Crippen molar-refractivity contribution in [2.75, 3.05) is 27.3 Å². The van der Waals surface area contributed by atoms with Crippen molar-refractivity contribution < 1.29 is 19.5 Å². The van der Waals surface area contributed by atoms with Crippen LogP contribution in [0.4, 0.5) is 0 Å². The third-order valence-corrected chi connectivity index (χ3v) is 5.34. The molecule has 3 N–H and O–H groups in total. The van der Waals surface area contributed by atoms with Gasteiger partial charge in [0.05, 0.1) is 31.8 Å². The molecule has 0 radical (unpaired) electrons. The first-order valence-electron chi connectivity index (χ1n) is 9.47. The number of imidazole rings is 1. The summed E-state index contributed by atoms with van der Waals surface area (Å²) in [6, 6.07) is 13.7. The van der Waals surface area contributed by atoms with E-state index in [4.69, 9.17) is 9.47 Å². The fraction of sp³-hybridized carbons (Fsp3) is 0.273. The van der Waals surface area contributed by atoms with Crippen LogP contribution in [0.2, 0.25) is 0 Å². The maximum absolute atomic E-state index is 10.7. The van der Waals surface area contributed by atoms with E-state index in [1.54, 1.807) is 14.2 Å². The number of aromatic nitrogens is 2. The number of aliphatic hydroxyl groups is 1. The van der Waals surface area contributed by atoms with Gasteiger partial charge in [0.1, 0.15) is 24.7 Å². The number of H-pyrrole nitrogens is 1. The number of hydrogen-bond donors (Lipinski definition) is 3. The van der Waals surface area contributed by atoms with E-state index < -0.39 is 0 Å². The number of methoxy groups -OCH3 is 2. The van der Waals surface area contributed by atoms with Gasteiger partial charge in [0, 0.05) is 12.0 Å². The van der Waals surface area contributed by atoms with Gasteiger partial charge >= 0.3 is 0 Å². The molecule has 1 aliphatic heterocycles. The Balaban J connectivity index is 1.57. The van der Waals surface area contributed by atoms with Crippen LogP contribution in [-0.4, -0.2) is 42.4 Å². The van der Waals surface area contributed by atoms with E-state index in [2.05, 4.69) is 16.0 Å². The van der Waals surface area contributed by atoms with Crippen molar-refractivity contribution in [3.8, 4) is 17.6 Å². The van der Waals surface area contributed by atoms with Crippen LogP contribution in [0.3, 0.4) is 0 Å². The van der Waals surface area contributed by atoms with Gasteiger partial charge in [-0.3, -0.25) is 0 Å². The number of fused-ring (bicyclic) bond motifs is 2. The number of aromatic amines is 1. The van der Waals surface area contributed by atoms with Gasteiger partial charge in [-0.25, -0.2) is 4.98 Å². The Kier molecular flexibility index (Phi) is 5.10. The topological polar surface area (TPSA) is 95.6 Å². The molecule has 0 amide bonds. The molecule has 0 bridgehead atoms. The molecule has 2 aromatic carbocycles. The van der Waals surface area contributed by atoms with Crippen molar-refractivity contribution in [1.29, 1.82) is 5.26 Å². The van der Waals surface area contributed by atoms with E-state index in [0.29, 0.717) is 18.1 Å². The van der Waals surface area contributed by atoms with Crippen molar-refractivity contribution in [2.24, 2.45) is 0 Å². The van der Waals surface area contributed by atoms with Crippen LogP contribution in [0.5, 0.6) is 11.5 Å². The highest BCUT2D eigenvalue weighted by atomic mass is 16.5. The molecule has 7 nitrogen and oxygen atoms in total. The zero-order chi connectivity index (χ0) is 20.4. The molecule has 0 fully saturated rings. The Bertz CT molecular complexity index is 1090. The molecule has 29 heavy (non-hydrogen) atoms. The number of nitrogens with zero attached hydrogens (tertiary/aromatic N) is 2. The van der Waals surface area contributed by atoms with Gasteiger partial charge in [0.25, 0.3) is 0 Å². The Morgan fingerprint density at radius 2 is 1.93 bits per heavy atom. The van der Waals surface area contributed by atoms with Crippen LogP contribution >= 0.6 is 0 Å². The molecule has 148 valence electrons. The summed E-state index contributed by atoms with van der Waals surface area (Å²) in [5, 5.41) is 20.3. The lowest BCUT2D eigenvalue weighted by atomic mass is 9.98. The molecule has 1 aliphatic rings. The van der Waals surface area contributed by atoms with E-state index in [9.17, 15) is 10.4 Å². The third-order valence-electron chi connectivity index (χ3n) is 5.34. The van der Waals surface area contributed by atoms with Crippen molar-refractivity contribution >= 4 is 16.6 Å². The molecular formula is C22H23N4O3+. The van der Waals surface area contributed by atoms with Gasteiger partial charge in [-0.1, -0.05) is 12.1 Å². The maximum atomic E-state index is 10.7. The second-order valence-electron chi connectivity index (χ2n) is 7.12. The second-order valence-corrected chi connectivity index (χ2v) is 7.12. The lowest BCUT2D eigenvalue weighted by Crippen LogP contribution is -3.12. The van der Waals surface area contributed by atoms with Gasteiger partial charge < -0.3 is 24.5 Å². The average molecular weight is 391 g/mol. The van der Waals surface area contributed by atoms with Crippen LogP contribution in [0.15, 0.2) is 42.2 Å². The summed E-state index contributed by atoms with van der Waals surface area (Å²) < 4.78 is 10.8. The second kappa shape index (κ2) is 7.86. The van der Waals surface area contributed by atoms with Gasteiger partial charge in [0.2, 0.25) is 0 Å². The molecule has 1 aromatic heterocycles. The Morgan fingerprint density at radius 3 is 2.62 bits per heavy atom. The largest absolute Gasteiger partial charge is 0.506 e. The number of hydrogen-bond acceptors (Lipinski definition) is 5. The summed E-state index contributed by atoms with van der Waals surface area (Å²) >= 11 is 0. The number of ether oxygens (including phenoxy) is 2. The number of nitrogens with one attached hydrogen (secondary N) is 2. The van der Waals surface area contributed by atoms with Crippen LogP contribution in [-0.2, 0) is 13.0 Å². The molecule has 1 atom stereocenters. The molecule has 0 spiro atoms. The summed E-state index contributed by atoms with van der Waals surface area (Å²) in [5.41, 5.74) is 4.19. The molecular weight excluding hydrogens is 368 g/mol. The highest BCUT2D eigenvalue weighted by molar-refractivity contribution is 5.82. The summed E-state index contributed by atoms with van der Waals surface area (Å²) in [4.78, 5) is 8.73. The van der Waals surface area contributed by atoms with Crippen LogP contribution < -0.4 is 14.4 Å². The van der Waals surface area contributed by atoms with Crippen molar-refractivity contribution in [3.63, 3.8) is 0 Å². The normalized spacial score (nSPS) is 16.7. The lowest BCUT2D eigenvalue weighted by molar-refractivity contribution is -0.912. The molecule has 0 saturated heterocycles. The number of quaternary nitrogens is 1. The zero-order valence-corrected chi connectivity index (χ0v) is 16.5. The number of rotatable bonds is 5. The van der Waals surface area contributed by atoms with E-state index in [1.807, 2.05) is 36.4 Å². The van der Waals surface area contributed by atoms with Crippen LogP contribution in [0.1, 0.15) is 17.0 Å². The van der Waals surface area contributed by atoms with Crippen molar-refractivity contribution in [3.05, 3.63) is 59.1 Å². The Labute approximate surface area is 168 Å². The summed E-state index contributed by atoms with van der Waals surface area (Å²) in [5.74, 6) is 1.88. The number of benzene rings is 2. The first-order chi connectivity index (χ1) is 14.1. The van der Waals surface area contributed by atoms with Gasteiger partial charge in [-0.2, -0.15) is 5.26 Å². The number of para-hydroxylation sites is 2. The van der Waals surface area contributed by atoms with Gasteiger partial charge in [0.15, 0.2) is 23.1 Å². The fourth-order valence-corrected chi connectivity index (χ4v) is 3.83. The standard InChI is InChI=1S/C22H22N4O3/c1-28-20-9-14-7-8-26(12-15(14)10-21(20)29-2)13-19(27)16(11-23)22-24-17-5-3-4-6-18(17)25-22/h3-6,9-10,27H,7-8,12-13H2,1-2H3,(H,24,25)/p+1/b19-16-. The summed E-state index contributed by atoms with van der Waals surface area (Å²) in [6.45, 7) is 1.94. The van der Waals surface area contributed by atoms with Gasteiger partial charge in [-0.15, -0.1) is 0 Å². The molecule has 4 rings (SSSR count). The Hall–Kier alpha value is -3.50. The third kappa shape index (κ3) is 3.62. The van der Waals surface area contributed by atoms with Crippen LogP contribution in [0, 0.1) is 11.3 Å². The highest BCUT2D eigenvalue weighted by Crippen LogP contribution is 2.31. The smallest absolute Gasteiger partial charge is 0.169 e. The number of allylic oxidation sites excluding steroid dienone is 1. The highest BCUT2D eigenvalue weighted by Gasteiger charge is 2.24. The maximum Gasteiger partial charge on any atom is 0.169 e. The fourth-order valence-electron chi connectivity index (χ4n) is 3.83. The van der Waals surface area contributed by atoms with Crippen LogP contribution in [0.25, 0.3) is 16.6 Å². The lowest BCUT2D eigenvalue weighted by Gasteiger charge is -2.26. The molecule has 1 unspecified atom stereocenters. The SMILES string of the molecule is COc1cc2c(cc1OC)C[NH+](C/C(O)=C(\C#N)c1nc3ccccc3[nH]1)CC2. The molecule has 2 heterocycles. The molecule has 0 aliphatic carbocycles. The summed E-state index contributed by atoms with van der Waals surface area (Å²) in [7, 11) is 3.26. The zero-order valence-electron chi connectivity index (χ0n) is 16.5. The Morgan fingerprint density at radius 1 is 1.21 bits per heavy atom. The minimum Gasteiger partial charge on any atom is -0.506 e. The number of aliphatic hydroxyl groups excluding tert-OH is 1. The predicted octanol–water partition coefficient (Wildman–Crippen LogP) is 2.01. The minimum absolute atomic E-state index is 0.0467. The van der Waals surface area contributed by atoms with E-state index in [-0.39, 0.29) is 11.3 Å². The van der Waals surface area contributed by atoms with Crippen molar-refractivity contribution in [2.45, 2.75) is 13.0 Å². The van der Waals surface area contributed by atoms with Gasteiger partial charge in [-0.05, 0) is 29.8 Å². The predicted molar refractivity (Wildman–Crippen MR) is 109 cm³/mol. The van der Waals surface area contributed by atoms with E-state index in [1.165, 1.54) is 16.0 Å².